The molecule has 1 rings (SSSR count). The molecule has 1 fully saturated rings. The Morgan fingerprint density at radius 3 is 2.07 bits per heavy atom. The number of hydrogen-bond acceptors (Lipinski definition) is 7. The van der Waals surface area contributed by atoms with Gasteiger partial charge in [0.1, 0.15) is 12.6 Å². The molecule has 10 nitrogen and oxygen atoms in total. The molecule has 1 saturated heterocycles. The smallest absolute Gasteiger partial charge is 0.401 e. The van der Waals surface area contributed by atoms with Gasteiger partial charge in [0.25, 0.3) is 11.5 Å². The Kier molecular flexibility index (Phi) is 9.50. The zero-order valence-corrected chi connectivity index (χ0v) is 18.3. The summed E-state index contributed by atoms with van der Waals surface area (Å²) in [6.45, 7) is 7.79. The van der Waals surface area contributed by atoms with Gasteiger partial charge in [-0.2, -0.15) is 8.42 Å². The lowest BCUT2D eigenvalue weighted by Gasteiger charge is -2.30. The van der Waals surface area contributed by atoms with Gasteiger partial charge in [0.15, 0.2) is 0 Å². The highest BCUT2D eigenvalue weighted by Crippen LogP contribution is 2.26. The Labute approximate surface area is 172 Å². The van der Waals surface area contributed by atoms with E-state index in [9.17, 15) is 27.9 Å². The maximum Gasteiger partial charge on any atom is 0.401 e. The summed E-state index contributed by atoms with van der Waals surface area (Å²) in [6.07, 6.45) is 3.64. The molecule has 2 amide bonds. The van der Waals surface area contributed by atoms with Crippen LogP contribution in [-0.4, -0.2) is 67.5 Å². The molecule has 11 heteroatoms. The highest BCUT2D eigenvalue weighted by molar-refractivity contribution is 7.82. The van der Waals surface area contributed by atoms with E-state index in [0.29, 0.717) is 13.1 Å². The van der Waals surface area contributed by atoms with Crippen LogP contribution in [-0.2, 0) is 33.1 Å². The van der Waals surface area contributed by atoms with Gasteiger partial charge < -0.3 is 15.3 Å². The summed E-state index contributed by atoms with van der Waals surface area (Å²) in [4.78, 5) is 39.1. The van der Waals surface area contributed by atoms with Crippen LogP contribution in [0.3, 0.4) is 0 Å². The van der Waals surface area contributed by atoms with Gasteiger partial charge in [0.05, 0.1) is 0 Å². The highest BCUT2D eigenvalue weighted by atomic mass is 32.3. The van der Waals surface area contributed by atoms with E-state index in [2.05, 4.69) is 13.7 Å². The van der Waals surface area contributed by atoms with Gasteiger partial charge in [-0.1, -0.05) is 40.5 Å². The van der Waals surface area contributed by atoms with E-state index in [-0.39, 0.29) is 18.2 Å². The van der Waals surface area contributed by atoms with Crippen molar-refractivity contribution in [1.29, 1.82) is 0 Å². The third-order valence-corrected chi connectivity index (χ3v) is 5.44. The number of nitrogens with one attached hydrogen (secondary N) is 1. The molecule has 2 atom stereocenters. The minimum absolute atomic E-state index is 0.0220. The topological polar surface area (TPSA) is 139 Å². The summed E-state index contributed by atoms with van der Waals surface area (Å²) in [5.41, 5.74) is -2.74. The number of carbonyl (C=O) groups is 3. The molecule has 0 spiro atoms. The normalized spacial score (nSPS) is 21.7. The number of amides is 2. The highest BCUT2D eigenvalue weighted by Gasteiger charge is 2.58. The molecule has 0 radical (unpaired) electrons. The molecule has 1 unspecified atom stereocenters. The maximum atomic E-state index is 13.1. The molecule has 29 heavy (non-hydrogen) atoms. The van der Waals surface area contributed by atoms with Crippen LogP contribution < -0.4 is 5.32 Å². The van der Waals surface area contributed by atoms with Crippen molar-refractivity contribution < 1.29 is 36.3 Å². The summed E-state index contributed by atoms with van der Waals surface area (Å²) in [6, 6.07) is -1.00. The van der Waals surface area contributed by atoms with Crippen LogP contribution in [0.1, 0.15) is 59.8 Å². The minimum Gasteiger partial charge on any atom is -0.479 e. The summed E-state index contributed by atoms with van der Waals surface area (Å²) < 4.78 is 31.6. The second-order valence-electron chi connectivity index (χ2n) is 7.57. The summed E-state index contributed by atoms with van der Waals surface area (Å²) in [5, 5.41) is 11.8. The van der Waals surface area contributed by atoms with E-state index < -0.39 is 40.5 Å². The predicted octanol–water partition coefficient (Wildman–Crippen LogP) is 1.06. The number of nitrogens with zero attached hydrogens (tertiary/aromatic N) is 1. The molecule has 0 aliphatic carbocycles. The Bertz CT molecular complexity index is 686. The Balaban J connectivity index is 3.08. The minimum atomic E-state index is -4.60. The first-order valence-corrected chi connectivity index (χ1v) is 11.3. The summed E-state index contributed by atoms with van der Waals surface area (Å²) >= 11 is 0. The molecule has 0 aromatic carbocycles. The Hall–Kier alpha value is -1.72. The third kappa shape index (κ3) is 6.93. The number of carboxylic acid groups (broad SMARTS) is 1. The van der Waals surface area contributed by atoms with Crippen LogP contribution in [0.4, 0.5) is 0 Å². The third-order valence-electron chi connectivity index (χ3n) is 4.55. The van der Waals surface area contributed by atoms with E-state index >= 15 is 0 Å². The van der Waals surface area contributed by atoms with Gasteiger partial charge in [-0.25, -0.2) is 13.2 Å². The molecule has 0 aromatic heterocycles. The van der Waals surface area contributed by atoms with Crippen molar-refractivity contribution >= 4 is 28.2 Å². The van der Waals surface area contributed by atoms with Crippen LogP contribution in [0, 0.1) is 5.92 Å². The zero-order valence-electron chi connectivity index (χ0n) is 17.5. The van der Waals surface area contributed by atoms with E-state index in [1.807, 2.05) is 27.7 Å². The molecule has 1 heterocycles. The molecular formula is C18H32N2O8S. The Morgan fingerprint density at radius 2 is 1.69 bits per heavy atom. The van der Waals surface area contributed by atoms with Crippen molar-refractivity contribution in [1.82, 2.24) is 10.2 Å². The fraction of sp³-hybridized carbons (Fsp3) is 0.833. The van der Waals surface area contributed by atoms with Gasteiger partial charge in [-0.05, 0) is 25.2 Å². The van der Waals surface area contributed by atoms with Gasteiger partial charge >= 0.3 is 16.4 Å². The fourth-order valence-electron chi connectivity index (χ4n) is 2.89. The van der Waals surface area contributed by atoms with E-state index in [0.717, 1.165) is 25.7 Å². The van der Waals surface area contributed by atoms with E-state index in [1.165, 1.54) is 0 Å². The predicted molar refractivity (Wildman–Crippen MR) is 104 cm³/mol. The van der Waals surface area contributed by atoms with Crippen molar-refractivity contribution in [3.8, 4) is 0 Å². The molecule has 168 valence electrons. The van der Waals surface area contributed by atoms with Gasteiger partial charge in [0.2, 0.25) is 5.91 Å². The molecule has 1 aliphatic rings. The largest absolute Gasteiger partial charge is 0.479 e. The first-order chi connectivity index (χ1) is 13.5. The maximum absolute atomic E-state index is 13.1. The SMILES string of the molecule is CCCCN(CCCC)C(=O)[C@H](CC(C)C)NC(=O)C1(C(=O)O)COS(=O)(=O)O1. The van der Waals surface area contributed by atoms with Crippen LogP contribution in [0.5, 0.6) is 0 Å². The number of unbranched alkanes of at least 4 members (excludes halogenated alkanes) is 2. The van der Waals surface area contributed by atoms with E-state index in [1.54, 1.807) is 4.90 Å². The van der Waals surface area contributed by atoms with Gasteiger partial charge in [-0.15, -0.1) is 0 Å². The second-order valence-corrected chi connectivity index (χ2v) is 8.79. The van der Waals surface area contributed by atoms with Gasteiger partial charge in [-0.3, -0.25) is 9.59 Å². The van der Waals surface area contributed by atoms with Crippen molar-refractivity contribution in [2.75, 3.05) is 19.7 Å². The lowest BCUT2D eigenvalue weighted by atomic mass is 9.99. The lowest BCUT2D eigenvalue weighted by molar-refractivity contribution is -0.162. The van der Waals surface area contributed by atoms with Crippen molar-refractivity contribution in [2.24, 2.45) is 5.92 Å². The van der Waals surface area contributed by atoms with E-state index in [4.69, 9.17) is 0 Å². The molecule has 0 bridgehead atoms. The number of aliphatic carboxylic acids is 1. The Morgan fingerprint density at radius 1 is 1.14 bits per heavy atom. The average Bonchev–Trinajstić information content (AvgIpc) is 2.97. The van der Waals surface area contributed by atoms with Crippen LogP contribution in [0.2, 0.25) is 0 Å². The molecular weight excluding hydrogens is 404 g/mol. The van der Waals surface area contributed by atoms with Crippen molar-refractivity contribution in [3.63, 3.8) is 0 Å². The first kappa shape index (κ1) is 25.3. The van der Waals surface area contributed by atoms with Gasteiger partial charge in [0, 0.05) is 13.1 Å². The van der Waals surface area contributed by atoms with Crippen molar-refractivity contribution in [3.05, 3.63) is 0 Å². The monoisotopic (exact) mass is 436 g/mol. The number of rotatable bonds is 12. The molecule has 1 aliphatic heterocycles. The van der Waals surface area contributed by atoms with Crippen molar-refractivity contribution in [2.45, 2.75) is 71.4 Å². The standard InChI is InChI=1S/C18H32N2O8S/c1-5-7-9-20(10-8-6-2)15(21)14(11-13(3)4)19-16(22)18(17(23)24)12-27-29(25,26)28-18/h13-14H,5-12H2,1-4H3,(H,19,22)(H,23,24)/t14-,18?/m0/s1. The van der Waals surface area contributed by atoms with Crippen LogP contribution in [0.25, 0.3) is 0 Å². The molecule has 0 saturated carbocycles. The second kappa shape index (κ2) is 10.9. The zero-order chi connectivity index (χ0) is 22.2. The summed E-state index contributed by atoms with van der Waals surface area (Å²) in [5.74, 6) is -3.33. The number of carboxylic acids is 1. The summed E-state index contributed by atoms with van der Waals surface area (Å²) in [7, 11) is -4.60. The molecule has 2 N–H and O–H groups in total. The fourth-order valence-corrected chi connectivity index (χ4v) is 3.80. The lowest BCUT2D eigenvalue weighted by Crippen LogP contribution is -2.59. The average molecular weight is 437 g/mol. The van der Waals surface area contributed by atoms with Crippen LogP contribution in [0.15, 0.2) is 0 Å². The molecule has 0 aromatic rings. The first-order valence-electron chi connectivity index (χ1n) is 9.92. The number of hydrogen-bond donors (Lipinski definition) is 2. The quantitative estimate of drug-likeness (QED) is 0.433. The van der Waals surface area contributed by atoms with Crippen LogP contribution >= 0.6 is 0 Å². The number of carbonyl (C=O) groups excluding carboxylic acids is 2.